The Morgan fingerprint density at radius 2 is 2.21 bits per heavy atom. The zero-order valence-corrected chi connectivity index (χ0v) is 16.9. The van der Waals surface area contributed by atoms with Crippen LogP contribution < -0.4 is 10.2 Å². The summed E-state index contributed by atoms with van der Waals surface area (Å²) in [6.45, 7) is 6.24. The van der Waals surface area contributed by atoms with Crippen LogP contribution in [0.15, 0.2) is 23.0 Å². The van der Waals surface area contributed by atoms with Crippen LogP contribution in [0.2, 0.25) is 0 Å². The summed E-state index contributed by atoms with van der Waals surface area (Å²) < 4.78 is 11.5. The van der Waals surface area contributed by atoms with E-state index in [1.54, 1.807) is 13.0 Å². The van der Waals surface area contributed by atoms with Gasteiger partial charge in [-0.3, -0.25) is 4.79 Å². The smallest absolute Gasteiger partial charge is 0.289 e. The zero-order valence-electron chi connectivity index (χ0n) is 16.9. The van der Waals surface area contributed by atoms with Gasteiger partial charge in [-0.05, 0) is 31.7 Å². The molecule has 3 fully saturated rings. The average molecular weight is 397 g/mol. The molecule has 0 radical (unpaired) electrons. The van der Waals surface area contributed by atoms with E-state index in [4.69, 9.17) is 9.26 Å². The lowest BCUT2D eigenvalue weighted by Gasteiger charge is -2.29. The number of carbonyl (C=O) groups excluding carboxylic acids is 1. The van der Waals surface area contributed by atoms with Gasteiger partial charge < -0.3 is 19.5 Å². The third-order valence-corrected chi connectivity index (χ3v) is 6.65. The quantitative estimate of drug-likeness (QED) is 0.798. The van der Waals surface area contributed by atoms with Gasteiger partial charge in [-0.1, -0.05) is 18.5 Å². The van der Waals surface area contributed by atoms with E-state index in [-0.39, 0.29) is 23.4 Å². The molecule has 2 bridgehead atoms. The summed E-state index contributed by atoms with van der Waals surface area (Å²) >= 11 is 0. The van der Waals surface area contributed by atoms with Gasteiger partial charge in [-0.15, -0.1) is 0 Å². The molecular weight excluding hydrogens is 370 g/mol. The fourth-order valence-electron chi connectivity index (χ4n) is 5.31. The molecule has 3 aliphatic heterocycles. The van der Waals surface area contributed by atoms with Gasteiger partial charge >= 0.3 is 0 Å². The van der Waals surface area contributed by atoms with E-state index in [9.17, 15) is 4.79 Å². The number of amides is 1. The largest absolute Gasteiger partial charge is 0.369 e. The Kier molecular flexibility index (Phi) is 4.53. The van der Waals surface area contributed by atoms with Crippen LogP contribution in [0.25, 0.3) is 0 Å². The van der Waals surface area contributed by atoms with Crippen molar-refractivity contribution in [1.29, 1.82) is 0 Å². The minimum Gasteiger partial charge on any atom is -0.369 e. The first-order valence-electron chi connectivity index (χ1n) is 10.5. The molecule has 4 atom stereocenters. The van der Waals surface area contributed by atoms with Crippen LogP contribution >= 0.6 is 0 Å². The number of nitrogens with zero attached hydrogens (tertiary/aromatic N) is 4. The highest BCUT2D eigenvalue weighted by Gasteiger charge is 2.63. The maximum atomic E-state index is 12.4. The number of hydrogen-bond acceptors (Lipinski definition) is 7. The van der Waals surface area contributed by atoms with Crippen LogP contribution in [0.3, 0.4) is 0 Å². The van der Waals surface area contributed by atoms with E-state index in [0.29, 0.717) is 24.1 Å². The van der Waals surface area contributed by atoms with Crippen molar-refractivity contribution in [3.63, 3.8) is 0 Å². The van der Waals surface area contributed by atoms with Crippen molar-refractivity contribution in [2.45, 2.75) is 51.2 Å². The number of aromatic nitrogens is 3. The van der Waals surface area contributed by atoms with E-state index in [1.165, 1.54) is 5.56 Å². The molecule has 0 saturated carbocycles. The molecule has 8 heteroatoms. The van der Waals surface area contributed by atoms with Crippen molar-refractivity contribution in [3.8, 4) is 0 Å². The monoisotopic (exact) mass is 397 g/mol. The molecule has 0 unspecified atom stereocenters. The molecule has 1 spiro atoms. The number of nitrogens with one attached hydrogen (secondary N) is 1. The predicted octanol–water partition coefficient (Wildman–Crippen LogP) is 2.14. The van der Waals surface area contributed by atoms with Crippen LogP contribution in [-0.2, 0) is 11.2 Å². The van der Waals surface area contributed by atoms with Crippen molar-refractivity contribution in [3.05, 3.63) is 35.5 Å². The molecule has 1 N–H and O–H groups in total. The van der Waals surface area contributed by atoms with Crippen molar-refractivity contribution in [1.82, 2.24) is 20.4 Å². The fraction of sp³-hybridized carbons (Fsp3) is 0.619. The van der Waals surface area contributed by atoms with Gasteiger partial charge in [0.05, 0.1) is 23.9 Å². The normalized spacial score (nSPS) is 30.0. The first-order valence-corrected chi connectivity index (χ1v) is 10.5. The molecular formula is C21H27N5O3. The predicted molar refractivity (Wildman–Crippen MR) is 106 cm³/mol. The second-order valence-corrected chi connectivity index (χ2v) is 8.59. The maximum absolute atomic E-state index is 12.4. The van der Waals surface area contributed by atoms with Crippen LogP contribution in [0.1, 0.15) is 48.0 Å². The molecule has 3 saturated heterocycles. The van der Waals surface area contributed by atoms with Crippen LogP contribution in [0, 0.1) is 18.8 Å². The lowest BCUT2D eigenvalue weighted by molar-refractivity contribution is 0.0141. The molecule has 0 aromatic carbocycles. The van der Waals surface area contributed by atoms with Gasteiger partial charge in [-0.2, -0.15) is 0 Å². The van der Waals surface area contributed by atoms with Gasteiger partial charge in [0.1, 0.15) is 0 Å². The third-order valence-electron chi connectivity index (χ3n) is 6.65. The maximum Gasteiger partial charge on any atom is 0.289 e. The minimum absolute atomic E-state index is 0.131. The summed E-state index contributed by atoms with van der Waals surface area (Å²) in [6, 6.07) is 1.66. The van der Waals surface area contributed by atoms with Crippen LogP contribution in [0.5, 0.6) is 0 Å². The lowest BCUT2D eigenvalue weighted by Crippen LogP contribution is -2.41. The minimum atomic E-state index is -0.216. The van der Waals surface area contributed by atoms with Gasteiger partial charge in [0.15, 0.2) is 0 Å². The van der Waals surface area contributed by atoms with E-state index in [1.807, 2.05) is 12.4 Å². The van der Waals surface area contributed by atoms with E-state index < -0.39 is 0 Å². The topological polar surface area (TPSA) is 93.4 Å². The summed E-state index contributed by atoms with van der Waals surface area (Å²) in [7, 11) is 0. The zero-order chi connectivity index (χ0) is 20.0. The first kappa shape index (κ1) is 18.5. The van der Waals surface area contributed by atoms with Gasteiger partial charge in [-0.25, -0.2) is 9.97 Å². The van der Waals surface area contributed by atoms with Crippen molar-refractivity contribution < 1.29 is 14.1 Å². The number of rotatable bonds is 6. The molecule has 3 aliphatic rings. The summed E-state index contributed by atoms with van der Waals surface area (Å²) in [5, 5.41) is 6.81. The van der Waals surface area contributed by atoms with Gasteiger partial charge in [0.25, 0.3) is 5.91 Å². The molecule has 5 rings (SSSR count). The first-order chi connectivity index (χ1) is 14.1. The summed E-state index contributed by atoms with van der Waals surface area (Å²) in [4.78, 5) is 23.8. The number of anilines is 1. The fourth-order valence-corrected chi connectivity index (χ4v) is 5.31. The molecule has 154 valence electrons. The second kappa shape index (κ2) is 7.09. The highest BCUT2D eigenvalue weighted by Crippen LogP contribution is 2.54. The number of ether oxygens (including phenoxy) is 1. The van der Waals surface area contributed by atoms with Crippen molar-refractivity contribution >= 4 is 11.9 Å². The second-order valence-electron chi connectivity index (χ2n) is 8.59. The Morgan fingerprint density at radius 1 is 1.38 bits per heavy atom. The Labute approximate surface area is 170 Å². The Morgan fingerprint density at radius 3 is 2.93 bits per heavy atom. The number of aryl methyl sites for hydroxylation is 2. The third kappa shape index (κ3) is 3.19. The molecule has 2 aromatic rings. The summed E-state index contributed by atoms with van der Waals surface area (Å²) in [5.41, 5.74) is 1.75. The highest BCUT2D eigenvalue weighted by molar-refractivity contribution is 5.91. The molecule has 0 aliphatic carbocycles. The Balaban J connectivity index is 1.27. The molecule has 1 amide bonds. The average Bonchev–Trinajstić information content (AvgIpc) is 3.47. The number of carbonyl (C=O) groups is 1. The Bertz CT molecular complexity index is 898. The summed E-state index contributed by atoms with van der Waals surface area (Å²) in [5.74, 6) is 1.49. The van der Waals surface area contributed by atoms with Crippen LogP contribution in [-0.4, -0.2) is 52.4 Å². The van der Waals surface area contributed by atoms with Crippen molar-refractivity contribution in [2.75, 3.05) is 24.5 Å². The molecule has 29 heavy (non-hydrogen) atoms. The van der Waals surface area contributed by atoms with E-state index >= 15 is 0 Å². The van der Waals surface area contributed by atoms with E-state index in [2.05, 4.69) is 32.3 Å². The lowest BCUT2D eigenvalue weighted by atomic mass is 9.73. The molecule has 5 heterocycles. The summed E-state index contributed by atoms with van der Waals surface area (Å²) in [6.07, 6.45) is 8.30. The standard InChI is InChI=1S/C21H27N5O3/c1-3-4-14-8-23-20(24-9-14)26-11-16-15(17-5-6-21(16,12-26)28-17)10-22-19(27)18-7-13(2)25-29-18/h7-9,15-17H,3-6,10-12H2,1-2H3,(H,22,27)/t15-,16+,17+,21+/m0/s1. The SMILES string of the molecule is CCCc1cnc(N2C[C@@H]3[C@H](CNC(=O)c4cc(C)no4)[C@H]4CC[C@]3(C2)O4)nc1. The molecule has 2 aromatic heterocycles. The number of hydrogen-bond donors (Lipinski definition) is 1. The van der Waals surface area contributed by atoms with Gasteiger partial charge in [0, 0.05) is 43.4 Å². The van der Waals surface area contributed by atoms with E-state index in [0.717, 1.165) is 44.7 Å². The van der Waals surface area contributed by atoms with Crippen molar-refractivity contribution in [2.24, 2.45) is 11.8 Å². The highest BCUT2D eigenvalue weighted by atomic mass is 16.5. The molecule has 8 nitrogen and oxygen atoms in total. The van der Waals surface area contributed by atoms with Gasteiger partial charge in [0.2, 0.25) is 11.7 Å². The Hall–Kier alpha value is -2.48. The number of fused-ring (bicyclic) bond motifs is 1. The van der Waals surface area contributed by atoms with Crippen LogP contribution in [0.4, 0.5) is 5.95 Å².